The number of nitrogens with one attached hydrogen (secondary N) is 2. The van der Waals surface area contributed by atoms with Gasteiger partial charge in [0.1, 0.15) is 18.2 Å². The van der Waals surface area contributed by atoms with E-state index in [0.717, 1.165) is 47.2 Å². The molecule has 2 aromatic heterocycles. The fourth-order valence-electron chi connectivity index (χ4n) is 5.13. The molecular formula is C26H23ClN4O2. The normalized spacial score (nSPS) is 19.1. The average Bonchev–Trinajstić information content (AvgIpc) is 3.44. The summed E-state index contributed by atoms with van der Waals surface area (Å²) in [6.07, 6.45) is 8.46. The van der Waals surface area contributed by atoms with Gasteiger partial charge in [0, 0.05) is 46.5 Å². The van der Waals surface area contributed by atoms with Crippen LogP contribution in [0.2, 0.25) is 5.02 Å². The van der Waals surface area contributed by atoms with E-state index in [1.54, 1.807) is 12.4 Å². The highest BCUT2D eigenvalue weighted by atomic mass is 35.5. The van der Waals surface area contributed by atoms with Crippen LogP contribution in [0.1, 0.15) is 35.6 Å². The van der Waals surface area contributed by atoms with Gasteiger partial charge in [-0.2, -0.15) is 0 Å². The number of ether oxygens (including phenoxy) is 1. The topological polar surface area (TPSA) is 79.9 Å². The van der Waals surface area contributed by atoms with Gasteiger partial charge in [-0.15, -0.1) is 0 Å². The van der Waals surface area contributed by atoms with Crippen LogP contribution in [0.4, 0.5) is 0 Å². The van der Waals surface area contributed by atoms with Crippen LogP contribution >= 0.6 is 11.6 Å². The first-order valence-corrected chi connectivity index (χ1v) is 11.7. The summed E-state index contributed by atoms with van der Waals surface area (Å²) in [5.74, 6) is 0.598. The van der Waals surface area contributed by atoms with Crippen LogP contribution in [-0.2, 0) is 17.6 Å². The number of aromatic nitrogens is 3. The summed E-state index contributed by atoms with van der Waals surface area (Å²) in [5, 5.41) is 4.93. The van der Waals surface area contributed by atoms with Crippen LogP contribution in [0.15, 0.2) is 55.1 Å². The largest absolute Gasteiger partial charge is 0.486 e. The van der Waals surface area contributed by atoms with E-state index in [2.05, 4.69) is 44.5 Å². The van der Waals surface area contributed by atoms with Gasteiger partial charge in [-0.05, 0) is 48.6 Å². The second-order valence-electron chi connectivity index (χ2n) is 8.77. The number of halogens is 1. The van der Waals surface area contributed by atoms with Crippen molar-refractivity contribution in [1.82, 2.24) is 20.3 Å². The molecule has 0 saturated heterocycles. The Morgan fingerprint density at radius 3 is 2.91 bits per heavy atom. The Kier molecular flexibility index (Phi) is 5.03. The van der Waals surface area contributed by atoms with Crippen LogP contribution in [0.5, 0.6) is 5.75 Å². The van der Waals surface area contributed by atoms with Crippen molar-refractivity contribution in [3.05, 3.63) is 77.0 Å². The van der Waals surface area contributed by atoms with E-state index in [9.17, 15) is 4.79 Å². The Hall–Kier alpha value is -3.38. The molecule has 2 aliphatic rings. The molecule has 6 rings (SSSR count). The van der Waals surface area contributed by atoms with Gasteiger partial charge in [-0.1, -0.05) is 29.8 Å². The number of hydrogen-bond donors (Lipinski definition) is 2. The molecule has 166 valence electrons. The molecule has 0 fully saturated rings. The molecule has 1 aliphatic carbocycles. The minimum Gasteiger partial charge on any atom is -0.486 e. The summed E-state index contributed by atoms with van der Waals surface area (Å²) in [4.78, 5) is 24.8. The molecule has 2 atom stereocenters. The Labute approximate surface area is 196 Å². The molecule has 2 N–H and O–H groups in total. The van der Waals surface area contributed by atoms with Crippen molar-refractivity contribution in [2.24, 2.45) is 0 Å². The van der Waals surface area contributed by atoms with Crippen molar-refractivity contribution in [2.45, 2.75) is 37.7 Å². The molecule has 0 saturated carbocycles. The number of H-pyrrole nitrogens is 1. The second kappa shape index (κ2) is 8.19. The standard InChI is InChI=1S/C26H23ClN4O2/c27-22-10-15(17-11-28-14-29-12-17)8-16-9-18(33-25(16)22)13-30-26(32)21-6-3-5-20-19-4-1-2-7-23(19)31-24(20)21/h1-2,4,7-8,10-12,14,18,21,31H,3,5-6,9,13H2,(H,30,32)/t18-,21-/m0/s1. The number of amides is 1. The van der Waals surface area contributed by atoms with Gasteiger partial charge in [-0.25, -0.2) is 9.97 Å². The van der Waals surface area contributed by atoms with E-state index in [1.165, 1.54) is 17.3 Å². The number of aromatic amines is 1. The van der Waals surface area contributed by atoms with Gasteiger partial charge < -0.3 is 15.0 Å². The SMILES string of the molecule is O=C(NC[C@@H]1Cc2cc(-c3cncnc3)cc(Cl)c2O1)[C@H]1CCCc2c1[nH]c1ccccc21. The molecule has 0 radical (unpaired) electrons. The number of carbonyl (C=O) groups excluding carboxylic acids is 1. The molecule has 3 heterocycles. The van der Waals surface area contributed by atoms with Crippen LogP contribution < -0.4 is 10.1 Å². The second-order valence-corrected chi connectivity index (χ2v) is 9.18. The summed E-state index contributed by atoms with van der Waals surface area (Å²) in [5.41, 5.74) is 6.35. The van der Waals surface area contributed by atoms with E-state index >= 15 is 0 Å². The summed E-state index contributed by atoms with van der Waals surface area (Å²) >= 11 is 6.51. The lowest BCUT2D eigenvalue weighted by Crippen LogP contribution is -2.38. The number of aryl methyl sites for hydroxylation is 1. The van der Waals surface area contributed by atoms with E-state index in [1.807, 2.05) is 12.1 Å². The lowest BCUT2D eigenvalue weighted by atomic mass is 9.86. The van der Waals surface area contributed by atoms with Crippen LogP contribution in [0.25, 0.3) is 22.0 Å². The number of nitrogens with zero attached hydrogens (tertiary/aromatic N) is 2. The molecule has 7 heteroatoms. The Balaban J connectivity index is 1.16. The number of carbonyl (C=O) groups is 1. The molecule has 33 heavy (non-hydrogen) atoms. The molecule has 0 bridgehead atoms. The van der Waals surface area contributed by atoms with E-state index in [0.29, 0.717) is 23.7 Å². The predicted molar refractivity (Wildman–Crippen MR) is 128 cm³/mol. The van der Waals surface area contributed by atoms with Crippen molar-refractivity contribution >= 4 is 28.4 Å². The smallest absolute Gasteiger partial charge is 0.229 e. The minimum absolute atomic E-state index is 0.0512. The number of para-hydroxylation sites is 1. The zero-order chi connectivity index (χ0) is 22.4. The number of hydrogen-bond acceptors (Lipinski definition) is 4. The summed E-state index contributed by atoms with van der Waals surface area (Å²) in [7, 11) is 0. The van der Waals surface area contributed by atoms with Gasteiger partial charge in [0.15, 0.2) is 0 Å². The Morgan fingerprint density at radius 1 is 1.18 bits per heavy atom. The lowest BCUT2D eigenvalue weighted by molar-refractivity contribution is -0.123. The summed E-state index contributed by atoms with van der Waals surface area (Å²) in [6, 6.07) is 12.2. The quantitative estimate of drug-likeness (QED) is 0.459. The minimum atomic E-state index is -0.154. The third-order valence-corrected chi connectivity index (χ3v) is 6.96. The third-order valence-electron chi connectivity index (χ3n) is 6.68. The molecule has 1 amide bonds. The van der Waals surface area contributed by atoms with E-state index in [-0.39, 0.29) is 17.9 Å². The highest BCUT2D eigenvalue weighted by Gasteiger charge is 2.31. The lowest BCUT2D eigenvalue weighted by Gasteiger charge is -2.23. The van der Waals surface area contributed by atoms with Crippen LogP contribution in [0, 0.1) is 0 Å². The van der Waals surface area contributed by atoms with Gasteiger partial charge in [0.05, 0.1) is 17.5 Å². The van der Waals surface area contributed by atoms with Crippen molar-refractivity contribution in [2.75, 3.05) is 6.54 Å². The highest BCUT2D eigenvalue weighted by molar-refractivity contribution is 6.32. The summed E-state index contributed by atoms with van der Waals surface area (Å²) in [6.45, 7) is 0.444. The molecule has 0 spiro atoms. The fourth-order valence-corrected chi connectivity index (χ4v) is 5.41. The predicted octanol–water partition coefficient (Wildman–Crippen LogP) is 4.82. The maximum Gasteiger partial charge on any atom is 0.229 e. The molecule has 0 unspecified atom stereocenters. The van der Waals surface area contributed by atoms with Gasteiger partial charge in [-0.3, -0.25) is 4.79 Å². The first-order chi connectivity index (χ1) is 16.2. The number of fused-ring (bicyclic) bond motifs is 4. The Bertz CT molecular complexity index is 1350. The van der Waals surface area contributed by atoms with Crippen molar-refractivity contribution in [3.8, 4) is 16.9 Å². The van der Waals surface area contributed by atoms with Crippen LogP contribution in [0.3, 0.4) is 0 Å². The van der Waals surface area contributed by atoms with E-state index in [4.69, 9.17) is 16.3 Å². The van der Waals surface area contributed by atoms with Gasteiger partial charge in [0.2, 0.25) is 5.91 Å². The van der Waals surface area contributed by atoms with E-state index < -0.39 is 0 Å². The molecule has 4 aromatic rings. The highest BCUT2D eigenvalue weighted by Crippen LogP contribution is 2.40. The zero-order valence-corrected chi connectivity index (χ0v) is 18.7. The maximum absolute atomic E-state index is 13.1. The first kappa shape index (κ1) is 20.2. The number of benzene rings is 2. The fraction of sp³-hybridized carbons (Fsp3) is 0.269. The maximum atomic E-state index is 13.1. The van der Waals surface area contributed by atoms with Crippen molar-refractivity contribution in [3.63, 3.8) is 0 Å². The van der Waals surface area contributed by atoms with Crippen molar-refractivity contribution in [1.29, 1.82) is 0 Å². The number of rotatable bonds is 4. The monoisotopic (exact) mass is 458 g/mol. The van der Waals surface area contributed by atoms with Gasteiger partial charge >= 0.3 is 0 Å². The molecular weight excluding hydrogens is 436 g/mol. The molecule has 1 aliphatic heterocycles. The van der Waals surface area contributed by atoms with Gasteiger partial charge in [0.25, 0.3) is 0 Å². The average molecular weight is 459 g/mol. The van der Waals surface area contributed by atoms with Crippen molar-refractivity contribution < 1.29 is 9.53 Å². The Morgan fingerprint density at radius 2 is 2.03 bits per heavy atom. The van der Waals surface area contributed by atoms with Crippen LogP contribution in [-0.4, -0.2) is 33.5 Å². The summed E-state index contributed by atoms with van der Waals surface area (Å²) < 4.78 is 6.10. The third kappa shape index (κ3) is 3.64. The molecule has 2 aromatic carbocycles. The zero-order valence-electron chi connectivity index (χ0n) is 18.0. The first-order valence-electron chi connectivity index (χ1n) is 11.3. The molecule has 6 nitrogen and oxygen atoms in total.